The molecule has 27 heavy (non-hydrogen) atoms. The van der Waals surface area contributed by atoms with Crippen LogP contribution in [0.3, 0.4) is 0 Å². The van der Waals surface area contributed by atoms with Crippen molar-refractivity contribution in [1.82, 2.24) is 20.2 Å². The number of nitrogens with one attached hydrogen (secondary N) is 2. The zero-order valence-corrected chi connectivity index (χ0v) is 17.0. The quantitative estimate of drug-likeness (QED) is 0.272. The second-order valence-electron chi connectivity index (χ2n) is 5.43. The molecule has 2 heterocycles. The van der Waals surface area contributed by atoms with Crippen LogP contribution in [-0.4, -0.2) is 45.7 Å². The van der Waals surface area contributed by atoms with Crippen LogP contribution in [0.15, 0.2) is 41.7 Å². The van der Waals surface area contributed by atoms with Gasteiger partial charge in [0, 0.05) is 31.5 Å². The van der Waals surface area contributed by atoms with Crippen LogP contribution in [0.25, 0.3) is 0 Å². The van der Waals surface area contributed by atoms with E-state index in [1.807, 2.05) is 18.2 Å². The van der Waals surface area contributed by atoms with Crippen molar-refractivity contribution in [1.29, 1.82) is 0 Å². The molecular weight excluding hydrogens is 411 g/mol. The molecule has 2 rings (SSSR count). The van der Waals surface area contributed by atoms with Gasteiger partial charge >= 0.3 is 13.6 Å². The minimum absolute atomic E-state index is 0.0655. The van der Waals surface area contributed by atoms with Gasteiger partial charge in [-0.2, -0.15) is 0 Å². The van der Waals surface area contributed by atoms with Crippen LogP contribution in [0.2, 0.25) is 0 Å². The van der Waals surface area contributed by atoms with Gasteiger partial charge in [0.15, 0.2) is 0 Å². The van der Waals surface area contributed by atoms with Gasteiger partial charge in [0.05, 0.1) is 12.1 Å². The summed E-state index contributed by atoms with van der Waals surface area (Å²) in [4.78, 5) is 42.0. The number of allylic oxidation sites excluding steroid dienone is 1. The summed E-state index contributed by atoms with van der Waals surface area (Å²) in [6, 6.07) is 5.60. The Kier molecular flexibility index (Phi) is 8.81. The zero-order chi connectivity index (χ0) is 19.7. The van der Waals surface area contributed by atoms with E-state index in [4.69, 9.17) is 4.84 Å². The molecule has 1 saturated heterocycles. The first-order valence-electron chi connectivity index (χ1n) is 8.12. The first-order chi connectivity index (χ1) is 12.9. The highest BCUT2D eigenvalue weighted by atomic mass is 33.1. The Morgan fingerprint density at radius 2 is 2.15 bits per heavy atom. The summed E-state index contributed by atoms with van der Waals surface area (Å²) in [7, 11) is -0.778. The predicted molar refractivity (Wildman–Crippen MR) is 104 cm³/mol. The lowest BCUT2D eigenvalue weighted by atomic mass is 10.3. The maximum atomic E-state index is 12.0. The second-order valence-corrected chi connectivity index (χ2v) is 9.65. The third-order valence-corrected chi connectivity index (χ3v) is 6.85. The number of hydrogen-bond acceptors (Lipinski definition) is 7. The summed E-state index contributed by atoms with van der Waals surface area (Å²) in [5.74, 6) is -0.410. The van der Waals surface area contributed by atoms with Crippen molar-refractivity contribution in [3.8, 4) is 0 Å². The maximum Gasteiger partial charge on any atom is 0.338 e. The summed E-state index contributed by atoms with van der Waals surface area (Å²) in [5.41, 5.74) is 0.428. The molecule has 0 saturated carbocycles. The zero-order valence-electron chi connectivity index (χ0n) is 14.5. The highest BCUT2D eigenvalue weighted by molar-refractivity contribution is 8.76. The van der Waals surface area contributed by atoms with E-state index in [0.29, 0.717) is 24.4 Å². The van der Waals surface area contributed by atoms with E-state index in [9.17, 15) is 19.0 Å². The maximum absolute atomic E-state index is 12.0. The first-order valence-corrected chi connectivity index (χ1v) is 12.1. The molecule has 0 bridgehead atoms. The van der Waals surface area contributed by atoms with E-state index in [0.717, 1.165) is 10.1 Å². The number of rotatable bonds is 11. The number of hydrogen-bond donors (Lipinski definition) is 3. The number of aromatic nitrogens is 1. The number of nitrogens with zero attached hydrogens (tertiary/aromatic N) is 2. The van der Waals surface area contributed by atoms with Crippen LogP contribution in [0.1, 0.15) is 19.3 Å². The Morgan fingerprint density at radius 1 is 1.37 bits per heavy atom. The molecule has 148 valence electrons. The van der Waals surface area contributed by atoms with Crippen molar-refractivity contribution >= 4 is 41.1 Å². The van der Waals surface area contributed by atoms with Gasteiger partial charge in [-0.25, -0.2) is 20.0 Å². The van der Waals surface area contributed by atoms with E-state index >= 15 is 0 Å². The van der Waals surface area contributed by atoms with Gasteiger partial charge in [-0.3, -0.25) is 9.36 Å². The minimum Gasteiger partial charge on any atom is -0.333 e. The molecule has 1 unspecified atom stereocenters. The van der Waals surface area contributed by atoms with E-state index in [-0.39, 0.29) is 25.3 Å². The van der Waals surface area contributed by atoms with Crippen LogP contribution < -0.4 is 10.2 Å². The smallest absolute Gasteiger partial charge is 0.333 e. The molecule has 1 fully saturated rings. The third-order valence-electron chi connectivity index (χ3n) is 3.28. The molecule has 1 aromatic rings. The Labute approximate surface area is 165 Å². The summed E-state index contributed by atoms with van der Waals surface area (Å²) >= 11 is 0. The van der Waals surface area contributed by atoms with Crippen molar-refractivity contribution in [2.75, 3.05) is 18.8 Å². The molecule has 0 aliphatic carbocycles. The monoisotopic (exact) mass is 432 g/mol. The van der Waals surface area contributed by atoms with Gasteiger partial charge in [-0.15, -0.1) is 5.06 Å². The molecule has 0 radical (unpaired) electrons. The summed E-state index contributed by atoms with van der Waals surface area (Å²) in [5, 5.41) is 6.66. The molecule has 1 aromatic heterocycles. The largest absolute Gasteiger partial charge is 0.338 e. The standard InChI is InChI=1S/C15H21N4O5PS2/c1-12-5-6-14(20)19(12)24-15(21)7-9-17-25(22,23)18-10-11-26-27-13-4-2-3-8-16-13/h2-4,8H,1,5-7,9-11H2,(H3,17,18,22,23). The van der Waals surface area contributed by atoms with Gasteiger partial charge in [-0.1, -0.05) is 23.4 Å². The van der Waals surface area contributed by atoms with Crippen molar-refractivity contribution < 1.29 is 23.9 Å². The van der Waals surface area contributed by atoms with Crippen LogP contribution in [0, 0.1) is 0 Å². The Hall–Kier alpha value is -1.36. The predicted octanol–water partition coefficient (Wildman–Crippen LogP) is 2.09. The van der Waals surface area contributed by atoms with Gasteiger partial charge < -0.3 is 9.73 Å². The molecular formula is C15H21N4O5PS2. The van der Waals surface area contributed by atoms with Crippen LogP contribution >= 0.6 is 29.3 Å². The van der Waals surface area contributed by atoms with Crippen LogP contribution in [-0.2, 0) is 19.0 Å². The van der Waals surface area contributed by atoms with Crippen molar-refractivity contribution in [2.45, 2.75) is 24.3 Å². The molecule has 0 aromatic carbocycles. The molecule has 12 heteroatoms. The number of carbonyl (C=O) groups is 2. The fourth-order valence-electron chi connectivity index (χ4n) is 2.00. The second kappa shape index (κ2) is 10.8. The lowest BCUT2D eigenvalue weighted by Gasteiger charge is -2.17. The lowest BCUT2D eigenvalue weighted by Crippen LogP contribution is -2.30. The Morgan fingerprint density at radius 3 is 2.81 bits per heavy atom. The fourth-order valence-corrected chi connectivity index (χ4v) is 4.87. The van der Waals surface area contributed by atoms with Gasteiger partial charge in [0.25, 0.3) is 5.91 Å². The highest BCUT2D eigenvalue weighted by Gasteiger charge is 2.28. The Balaban J connectivity index is 1.57. The molecule has 9 nitrogen and oxygen atoms in total. The van der Waals surface area contributed by atoms with Crippen molar-refractivity contribution in [3.63, 3.8) is 0 Å². The average molecular weight is 432 g/mol. The molecule has 1 aliphatic heterocycles. The average Bonchev–Trinajstić information content (AvgIpc) is 2.94. The van der Waals surface area contributed by atoms with Crippen molar-refractivity contribution in [2.24, 2.45) is 0 Å². The number of hydroxylamine groups is 2. The van der Waals surface area contributed by atoms with Gasteiger partial charge in [0.2, 0.25) is 0 Å². The normalized spacial score (nSPS) is 16.4. The molecule has 0 spiro atoms. The lowest BCUT2D eigenvalue weighted by molar-refractivity contribution is -0.186. The third kappa shape index (κ3) is 8.04. The molecule has 1 aliphatic rings. The van der Waals surface area contributed by atoms with Crippen LogP contribution in [0.4, 0.5) is 0 Å². The van der Waals surface area contributed by atoms with E-state index < -0.39 is 13.6 Å². The van der Waals surface area contributed by atoms with Gasteiger partial charge in [0.1, 0.15) is 5.03 Å². The number of pyridine rings is 1. The van der Waals surface area contributed by atoms with Crippen LogP contribution in [0.5, 0.6) is 0 Å². The molecule has 1 atom stereocenters. The minimum atomic E-state index is -3.76. The first kappa shape index (κ1) is 21.9. The summed E-state index contributed by atoms with van der Waals surface area (Å²) < 4.78 is 12.0. The topological polar surface area (TPSA) is 121 Å². The van der Waals surface area contributed by atoms with E-state index in [2.05, 4.69) is 21.7 Å². The van der Waals surface area contributed by atoms with E-state index in [1.165, 1.54) is 21.6 Å². The molecule has 1 amide bonds. The fraction of sp³-hybridized carbons (Fsp3) is 0.400. The number of carbonyl (C=O) groups excluding carboxylic acids is 2. The van der Waals surface area contributed by atoms with Crippen molar-refractivity contribution in [3.05, 3.63) is 36.7 Å². The SMILES string of the molecule is C=C1CCC(=O)N1OC(=O)CCNP(=O)(O)NCCSSc1ccccn1. The van der Waals surface area contributed by atoms with E-state index in [1.54, 1.807) is 6.20 Å². The Bertz CT molecular complexity index is 705. The number of amides is 1. The molecule has 3 N–H and O–H groups in total. The summed E-state index contributed by atoms with van der Waals surface area (Å²) in [6.07, 6.45) is 2.26. The highest BCUT2D eigenvalue weighted by Crippen LogP contribution is 2.31. The van der Waals surface area contributed by atoms with Gasteiger partial charge in [-0.05, 0) is 29.3 Å². The summed E-state index contributed by atoms with van der Waals surface area (Å²) in [6.45, 7) is 3.87.